The quantitative estimate of drug-likeness (QED) is 0.485. The van der Waals surface area contributed by atoms with Crippen LogP contribution in [0.1, 0.15) is 45.3 Å². The number of carbonyl (C=O) groups is 1. The van der Waals surface area contributed by atoms with Gasteiger partial charge in [0, 0.05) is 12.1 Å². The van der Waals surface area contributed by atoms with E-state index in [2.05, 4.69) is 20.3 Å². The van der Waals surface area contributed by atoms with Crippen LogP contribution in [0.3, 0.4) is 0 Å². The highest BCUT2D eigenvalue weighted by Crippen LogP contribution is 2.35. The Balaban J connectivity index is 1.46. The maximum absolute atomic E-state index is 13.9. The predicted molar refractivity (Wildman–Crippen MR) is 114 cm³/mol. The van der Waals surface area contributed by atoms with E-state index in [4.69, 9.17) is 4.52 Å². The summed E-state index contributed by atoms with van der Waals surface area (Å²) in [6.07, 6.45) is 3.86. The summed E-state index contributed by atoms with van der Waals surface area (Å²) >= 11 is 0. The van der Waals surface area contributed by atoms with E-state index < -0.39 is 0 Å². The second-order valence-electron chi connectivity index (χ2n) is 7.95. The van der Waals surface area contributed by atoms with Gasteiger partial charge in [-0.1, -0.05) is 11.2 Å². The van der Waals surface area contributed by atoms with Gasteiger partial charge in [0.25, 0.3) is 11.8 Å². The Morgan fingerprint density at radius 3 is 2.59 bits per heavy atom. The molecule has 1 fully saturated rings. The van der Waals surface area contributed by atoms with Crippen molar-refractivity contribution in [3.05, 3.63) is 76.6 Å². The third kappa shape index (κ3) is 3.26. The van der Waals surface area contributed by atoms with E-state index in [1.165, 1.54) is 10.9 Å². The molecule has 1 unspecified atom stereocenters. The van der Waals surface area contributed by atoms with Crippen molar-refractivity contribution in [1.82, 2.24) is 30.0 Å². The Labute approximate surface area is 183 Å². The molecule has 0 N–H and O–H groups in total. The number of hydrogen-bond donors (Lipinski definition) is 0. The lowest BCUT2D eigenvalue weighted by Crippen LogP contribution is -2.46. The molecule has 0 spiro atoms. The second-order valence-corrected chi connectivity index (χ2v) is 7.95. The Hall–Kier alpha value is -3.88. The number of carbonyl (C=O) groups excluding carboxylic acids is 1. The molecular weight excluding hydrogens is 411 g/mol. The first kappa shape index (κ1) is 20.0. The molecule has 162 valence electrons. The van der Waals surface area contributed by atoms with Gasteiger partial charge >= 0.3 is 0 Å². The monoisotopic (exact) mass is 432 g/mol. The fourth-order valence-electron chi connectivity index (χ4n) is 3.85. The van der Waals surface area contributed by atoms with E-state index in [0.717, 1.165) is 11.1 Å². The van der Waals surface area contributed by atoms with Gasteiger partial charge in [-0.2, -0.15) is 20.0 Å². The SMILES string of the molecule is Cc1cc(C(=O)N2CCC2c2noc(-c3cccc(F)c3C)n2)c(-n2nccn2)cc1C. The minimum Gasteiger partial charge on any atom is -0.334 e. The second kappa shape index (κ2) is 7.67. The lowest BCUT2D eigenvalue weighted by molar-refractivity contribution is 0.0435. The molecule has 2 aromatic heterocycles. The molecule has 1 aliphatic heterocycles. The molecule has 32 heavy (non-hydrogen) atoms. The highest BCUT2D eigenvalue weighted by Gasteiger charge is 2.38. The van der Waals surface area contributed by atoms with Gasteiger partial charge in [-0.15, -0.1) is 0 Å². The number of amides is 1. The van der Waals surface area contributed by atoms with Crippen LogP contribution in [-0.2, 0) is 0 Å². The third-order valence-electron chi connectivity index (χ3n) is 6.00. The van der Waals surface area contributed by atoms with Crippen LogP contribution in [0.15, 0.2) is 47.2 Å². The minimum atomic E-state index is -0.336. The van der Waals surface area contributed by atoms with Crippen molar-refractivity contribution in [3.63, 3.8) is 0 Å². The van der Waals surface area contributed by atoms with Crippen LogP contribution in [0.5, 0.6) is 0 Å². The minimum absolute atomic E-state index is 0.148. The summed E-state index contributed by atoms with van der Waals surface area (Å²) in [5.41, 5.74) is 4.17. The predicted octanol–water partition coefficient (Wildman–Crippen LogP) is 3.97. The topological polar surface area (TPSA) is 89.9 Å². The molecule has 8 nitrogen and oxygen atoms in total. The normalized spacial score (nSPS) is 15.6. The van der Waals surface area contributed by atoms with Crippen LogP contribution in [-0.4, -0.2) is 42.5 Å². The Morgan fingerprint density at radius 1 is 1.12 bits per heavy atom. The summed E-state index contributed by atoms with van der Waals surface area (Å²) in [7, 11) is 0. The molecule has 1 atom stereocenters. The summed E-state index contributed by atoms with van der Waals surface area (Å²) in [6, 6.07) is 8.19. The van der Waals surface area contributed by atoms with Crippen LogP contribution in [0.4, 0.5) is 4.39 Å². The Kier molecular flexibility index (Phi) is 4.80. The van der Waals surface area contributed by atoms with Gasteiger partial charge in [-0.25, -0.2) is 4.39 Å². The molecule has 0 aliphatic carbocycles. The molecule has 9 heteroatoms. The average Bonchev–Trinajstić information content (AvgIpc) is 3.43. The van der Waals surface area contributed by atoms with Gasteiger partial charge in [0.2, 0.25) is 0 Å². The zero-order valence-electron chi connectivity index (χ0n) is 17.9. The lowest BCUT2D eigenvalue weighted by Gasteiger charge is -2.39. The van der Waals surface area contributed by atoms with Crippen molar-refractivity contribution >= 4 is 5.91 Å². The van der Waals surface area contributed by atoms with Gasteiger partial charge in [-0.05, 0) is 68.1 Å². The summed E-state index contributed by atoms with van der Waals surface area (Å²) in [6.45, 7) is 6.19. The van der Waals surface area contributed by atoms with Crippen molar-refractivity contribution in [2.75, 3.05) is 6.54 Å². The third-order valence-corrected chi connectivity index (χ3v) is 6.00. The van der Waals surface area contributed by atoms with Crippen LogP contribution in [0.25, 0.3) is 17.1 Å². The van der Waals surface area contributed by atoms with Crippen LogP contribution < -0.4 is 0 Å². The van der Waals surface area contributed by atoms with Crippen molar-refractivity contribution in [3.8, 4) is 17.1 Å². The molecule has 0 radical (unpaired) electrons. The highest BCUT2D eigenvalue weighted by atomic mass is 19.1. The zero-order valence-corrected chi connectivity index (χ0v) is 17.9. The molecular formula is C23H21FN6O2. The standard InChI is InChI=1S/C23H21FN6O2/c1-13-11-17(20(12-14(13)2)30-25-8-9-26-30)23(31)29-10-7-19(29)21-27-22(32-28-21)16-5-4-6-18(24)15(16)3/h4-6,8-9,11-12,19H,7,10H2,1-3H3. The molecule has 1 amide bonds. The number of aromatic nitrogens is 5. The highest BCUT2D eigenvalue weighted by molar-refractivity contribution is 5.98. The lowest BCUT2D eigenvalue weighted by atomic mass is 9.97. The molecule has 0 bridgehead atoms. The molecule has 4 aromatic rings. The first-order valence-electron chi connectivity index (χ1n) is 10.3. The van der Waals surface area contributed by atoms with Crippen molar-refractivity contribution in [1.29, 1.82) is 0 Å². The maximum atomic E-state index is 13.9. The van der Waals surface area contributed by atoms with E-state index in [9.17, 15) is 9.18 Å². The molecule has 3 heterocycles. The van der Waals surface area contributed by atoms with Gasteiger partial charge in [0.1, 0.15) is 5.82 Å². The largest absolute Gasteiger partial charge is 0.334 e. The first-order chi connectivity index (χ1) is 15.4. The summed E-state index contributed by atoms with van der Waals surface area (Å²) in [4.78, 5) is 21.1. The van der Waals surface area contributed by atoms with Crippen molar-refractivity contribution in [2.24, 2.45) is 0 Å². The molecule has 1 saturated heterocycles. The van der Waals surface area contributed by atoms with Crippen LogP contribution in [0.2, 0.25) is 0 Å². The van der Waals surface area contributed by atoms with Crippen molar-refractivity contribution in [2.45, 2.75) is 33.2 Å². The number of rotatable bonds is 4. The maximum Gasteiger partial charge on any atom is 0.258 e. The molecule has 2 aromatic carbocycles. The fraction of sp³-hybridized carbons (Fsp3) is 0.261. The number of aryl methyl sites for hydroxylation is 2. The number of nitrogens with zero attached hydrogens (tertiary/aromatic N) is 6. The van der Waals surface area contributed by atoms with Gasteiger partial charge in [0.15, 0.2) is 5.82 Å². The fourth-order valence-corrected chi connectivity index (χ4v) is 3.85. The molecule has 1 aliphatic rings. The van der Waals surface area contributed by atoms with Crippen LogP contribution in [0, 0.1) is 26.6 Å². The number of benzene rings is 2. The number of halogens is 1. The molecule has 5 rings (SSSR count). The Bertz CT molecular complexity index is 1310. The molecule has 0 saturated carbocycles. The number of hydrogen-bond acceptors (Lipinski definition) is 6. The van der Waals surface area contributed by atoms with Gasteiger partial charge in [0.05, 0.1) is 29.7 Å². The van der Waals surface area contributed by atoms with Gasteiger partial charge in [-0.3, -0.25) is 4.79 Å². The average molecular weight is 432 g/mol. The van der Waals surface area contributed by atoms with Gasteiger partial charge < -0.3 is 9.42 Å². The smallest absolute Gasteiger partial charge is 0.258 e. The van der Waals surface area contributed by atoms with E-state index in [1.807, 2.05) is 26.0 Å². The van der Waals surface area contributed by atoms with Crippen molar-refractivity contribution < 1.29 is 13.7 Å². The summed E-state index contributed by atoms with van der Waals surface area (Å²) in [5.74, 6) is 0.164. The summed E-state index contributed by atoms with van der Waals surface area (Å²) in [5, 5.41) is 12.5. The first-order valence-corrected chi connectivity index (χ1v) is 10.3. The van der Waals surface area contributed by atoms with Crippen LogP contribution >= 0.6 is 0 Å². The Morgan fingerprint density at radius 2 is 1.88 bits per heavy atom. The number of likely N-dealkylation sites (tertiary alicyclic amines) is 1. The van der Waals surface area contributed by atoms with E-state index in [-0.39, 0.29) is 23.7 Å². The van der Waals surface area contributed by atoms with E-state index in [1.54, 1.807) is 36.4 Å². The summed E-state index contributed by atoms with van der Waals surface area (Å²) < 4.78 is 19.3. The zero-order chi connectivity index (χ0) is 22.4. The van der Waals surface area contributed by atoms with E-state index in [0.29, 0.717) is 41.2 Å². The van der Waals surface area contributed by atoms with E-state index >= 15 is 0 Å².